The van der Waals surface area contributed by atoms with Crippen molar-refractivity contribution < 1.29 is 9.53 Å². The van der Waals surface area contributed by atoms with Gasteiger partial charge in [-0.25, -0.2) is 4.98 Å². The van der Waals surface area contributed by atoms with Crippen LogP contribution in [0.4, 0.5) is 5.82 Å². The van der Waals surface area contributed by atoms with Crippen LogP contribution in [-0.2, 0) is 9.53 Å². The standard InChI is InChI=1S/C20H24N4O3S2/c1-5-13(3)24-19(26)15(29-20(24)28)10-14-17(21-8-9-27-4)22-16-7-6-12(2)11-23(16)18(14)25/h6-7,10-11,13,21H,5,8-9H2,1-4H3/b15-10-. The second-order valence-electron chi connectivity index (χ2n) is 6.84. The number of amides is 1. The van der Waals surface area contributed by atoms with E-state index in [0.29, 0.717) is 39.4 Å². The highest BCUT2D eigenvalue weighted by Crippen LogP contribution is 2.34. The van der Waals surface area contributed by atoms with Gasteiger partial charge in [-0.2, -0.15) is 0 Å². The number of hydrogen-bond acceptors (Lipinski definition) is 7. The Morgan fingerprint density at radius 3 is 2.83 bits per heavy atom. The van der Waals surface area contributed by atoms with Gasteiger partial charge in [0, 0.05) is 25.9 Å². The molecule has 1 atom stereocenters. The van der Waals surface area contributed by atoms with Crippen LogP contribution in [0.5, 0.6) is 0 Å². The van der Waals surface area contributed by atoms with E-state index in [1.165, 1.54) is 16.2 Å². The molecule has 1 N–H and O–H groups in total. The van der Waals surface area contributed by atoms with Crippen LogP contribution in [0.15, 0.2) is 28.0 Å². The molecule has 3 heterocycles. The molecule has 0 radical (unpaired) electrons. The first-order valence-electron chi connectivity index (χ1n) is 9.40. The van der Waals surface area contributed by atoms with E-state index in [1.807, 2.05) is 26.8 Å². The summed E-state index contributed by atoms with van der Waals surface area (Å²) in [6, 6.07) is 3.70. The van der Waals surface area contributed by atoms with Gasteiger partial charge in [0.2, 0.25) is 0 Å². The van der Waals surface area contributed by atoms with Crippen molar-refractivity contribution in [2.24, 2.45) is 0 Å². The van der Waals surface area contributed by atoms with Gasteiger partial charge in [-0.1, -0.05) is 37.0 Å². The number of carbonyl (C=O) groups is 1. The molecule has 1 aliphatic heterocycles. The quantitative estimate of drug-likeness (QED) is 0.409. The van der Waals surface area contributed by atoms with Crippen LogP contribution in [0.25, 0.3) is 11.7 Å². The molecular formula is C20H24N4O3S2. The maximum absolute atomic E-state index is 13.2. The van der Waals surface area contributed by atoms with Gasteiger partial charge >= 0.3 is 0 Å². The topological polar surface area (TPSA) is 75.9 Å². The Labute approximate surface area is 179 Å². The summed E-state index contributed by atoms with van der Waals surface area (Å²) in [5.41, 5.74) is 1.56. The minimum atomic E-state index is -0.243. The third kappa shape index (κ3) is 4.36. The van der Waals surface area contributed by atoms with Crippen LogP contribution in [0.1, 0.15) is 31.4 Å². The van der Waals surface area contributed by atoms with Crippen LogP contribution in [0.3, 0.4) is 0 Å². The number of nitrogens with zero attached hydrogens (tertiary/aromatic N) is 3. The molecule has 2 aromatic rings. The predicted molar refractivity (Wildman–Crippen MR) is 121 cm³/mol. The molecule has 9 heteroatoms. The number of thiocarbonyl (C=S) groups is 1. The van der Waals surface area contributed by atoms with Gasteiger partial charge in [0.05, 0.1) is 17.1 Å². The average molecular weight is 433 g/mol. The van der Waals surface area contributed by atoms with Crippen LogP contribution in [0.2, 0.25) is 0 Å². The Hall–Kier alpha value is -2.23. The van der Waals surface area contributed by atoms with Crippen molar-refractivity contribution in [3.63, 3.8) is 0 Å². The molecule has 1 aliphatic rings. The van der Waals surface area contributed by atoms with E-state index in [4.69, 9.17) is 17.0 Å². The first-order valence-corrected chi connectivity index (χ1v) is 10.6. The van der Waals surface area contributed by atoms with Crippen molar-refractivity contribution in [1.29, 1.82) is 0 Å². The van der Waals surface area contributed by atoms with Crippen molar-refractivity contribution in [2.75, 3.05) is 25.6 Å². The number of nitrogens with one attached hydrogen (secondary N) is 1. The van der Waals surface area contributed by atoms with Gasteiger partial charge in [-0.15, -0.1) is 0 Å². The minimum Gasteiger partial charge on any atom is -0.383 e. The van der Waals surface area contributed by atoms with Crippen molar-refractivity contribution >= 4 is 51.7 Å². The second-order valence-corrected chi connectivity index (χ2v) is 8.52. The Kier molecular flexibility index (Phi) is 6.71. The first-order chi connectivity index (χ1) is 13.9. The zero-order valence-corrected chi connectivity index (χ0v) is 18.5. The summed E-state index contributed by atoms with van der Waals surface area (Å²) in [7, 11) is 1.61. The number of carbonyl (C=O) groups excluding carboxylic acids is 1. The van der Waals surface area contributed by atoms with Gasteiger partial charge in [0.1, 0.15) is 15.8 Å². The molecule has 0 bridgehead atoms. The molecule has 0 aromatic carbocycles. The van der Waals surface area contributed by atoms with Gasteiger partial charge in [-0.3, -0.25) is 18.9 Å². The lowest BCUT2D eigenvalue weighted by Gasteiger charge is -2.21. The first kappa shape index (κ1) is 21.5. The number of rotatable bonds is 7. The summed E-state index contributed by atoms with van der Waals surface area (Å²) in [6.45, 7) is 6.82. The molecule has 1 amide bonds. The second kappa shape index (κ2) is 9.06. The van der Waals surface area contributed by atoms with Crippen molar-refractivity contribution in [1.82, 2.24) is 14.3 Å². The maximum Gasteiger partial charge on any atom is 0.267 e. The maximum atomic E-state index is 13.2. The van der Waals surface area contributed by atoms with E-state index in [-0.39, 0.29) is 17.5 Å². The lowest BCUT2D eigenvalue weighted by Crippen LogP contribution is -2.36. The number of pyridine rings is 1. The third-order valence-corrected chi connectivity index (χ3v) is 6.07. The fourth-order valence-corrected chi connectivity index (χ4v) is 4.41. The van der Waals surface area contributed by atoms with Crippen LogP contribution in [0, 0.1) is 6.92 Å². The number of thioether (sulfide) groups is 1. The zero-order valence-electron chi connectivity index (χ0n) is 16.9. The normalized spacial score (nSPS) is 16.8. The Balaban J connectivity index is 2.11. The molecule has 29 heavy (non-hydrogen) atoms. The number of anilines is 1. The molecule has 2 aromatic heterocycles. The Morgan fingerprint density at radius 2 is 2.14 bits per heavy atom. The summed E-state index contributed by atoms with van der Waals surface area (Å²) in [6.07, 6.45) is 4.13. The van der Waals surface area contributed by atoms with Gasteiger partial charge < -0.3 is 10.1 Å². The highest BCUT2D eigenvalue weighted by molar-refractivity contribution is 8.26. The Morgan fingerprint density at radius 1 is 1.38 bits per heavy atom. The van der Waals surface area contributed by atoms with E-state index in [1.54, 1.807) is 30.3 Å². The number of methoxy groups -OCH3 is 1. The van der Waals surface area contributed by atoms with Gasteiger partial charge in [0.25, 0.3) is 11.5 Å². The average Bonchev–Trinajstić information content (AvgIpc) is 2.98. The van der Waals surface area contributed by atoms with Crippen LogP contribution < -0.4 is 10.9 Å². The molecule has 3 rings (SSSR count). The fourth-order valence-electron chi connectivity index (χ4n) is 2.97. The number of hydrogen-bond donors (Lipinski definition) is 1. The summed E-state index contributed by atoms with van der Waals surface area (Å²) < 4.78 is 7.09. The smallest absolute Gasteiger partial charge is 0.267 e. The van der Waals surface area contributed by atoms with Crippen LogP contribution in [-0.4, -0.2) is 50.8 Å². The third-order valence-electron chi connectivity index (χ3n) is 4.73. The summed E-state index contributed by atoms with van der Waals surface area (Å²) >= 11 is 6.61. The van der Waals surface area contributed by atoms with Crippen molar-refractivity contribution in [3.8, 4) is 0 Å². The fraction of sp³-hybridized carbons (Fsp3) is 0.400. The van der Waals surface area contributed by atoms with E-state index >= 15 is 0 Å². The highest BCUT2D eigenvalue weighted by Gasteiger charge is 2.35. The monoisotopic (exact) mass is 432 g/mol. The number of aryl methyl sites for hydroxylation is 1. The summed E-state index contributed by atoms with van der Waals surface area (Å²) in [4.78, 5) is 32.8. The summed E-state index contributed by atoms with van der Waals surface area (Å²) in [5, 5.41) is 3.15. The van der Waals surface area contributed by atoms with Crippen molar-refractivity contribution in [2.45, 2.75) is 33.2 Å². The SMILES string of the molecule is CCC(C)N1C(=O)/C(=C/c2c(NCCOC)nc3ccc(C)cn3c2=O)SC1=S. The van der Waals surface area contributed by atoms with Crippen molar-refractivity contribution in [3.05, 3.63) is 44.7 Å². The van der Waals surface area contributed by atoms with E-state index in [9.17, 15) is 9.59 Å². The molecule has 0 aliphatic carbocycles. The number of fused-ring (bicyclic) bond motifs is 1. The molecule has 1 unspecified atom stereocenters. The molecular weight excluding hydrogens is 408 g/mol. The van der Waals surface area contributed by atoms with Gasteiger partial charge in [-0.05, 0) is 38.0 Å². The molecule has 0 saturated carbocycles. The lowest BCUT2D eigenvalue weighted by atomic mass is 10.2. The van der Waals surface area contributed by atoms with E-state index in [0.717, 1.165) is 12.0 Å². The van der Waals surface area contributed by atoms with Crippen LogP contribution >= 0.6 is 24.0 Å². The molecule has 154 valence electrons. The Bertz CT molecular complexity index is 1050. The molecule has 0 spiro atoms. The molecule has 1 saturated heterocycles. The zero-order chi connectivity index (χ0) is 21.1. The number of ether oxygens (including phenoxy) is 1. The number of aromatic nitrogens is 2. The van der Waals surface area contributed by atoms with Gasteiger partial charge in [0.15, 0.2) is 0 Å². The molecule has 1 fully saturated rings. The van der Waals surface area contributed by atoms with E-state index < -0.39 is 0 Å². The lowest BCUT2D eigenvalue weighted by molar-refractivity contribution is -0.123. The highest BCUT2D eigenvalue weighted by atomic mass is 32.2. The minimum absolute atomic E-state index is 0.00572. The van der Waals surface area contributed by atoms with E-state index in [2.05, 4.69) is 10.3 Å². The summed E-state index contributed by atoms with van der Waals surface area (Å²) in [5.74, 6) is 0.246. The predicted octanol–water partition coefficient (Wildman–Crippen LogP) is 3.06. The molecule has 7 nitrogen and oxygen atoms in total. The largest absolute Gasteiger partial charge is 0.383 e.